The fourth-order valence-electron chi connectivity index (χ4n) is 2.17. The second-order valence-corrected chi connectivity index (χ2v) is 8.06. The third kappa shape index (κ3) is 5.58. The van der Waals surface area contributed by atoms with Gasteiger partial charge in [-0.3, -0.25) is 4.79 Å². The normalized spacial score (nSPS) is 11.4. The number of aromatic nitrogens is 3. The van der Waals surface area contributed by atoms with Crippen molar-refractivity contribution in [2.24, 2.45) is 0 Å². The molecule has 0 fully saturated rings. The molecule has 0 radical (unpaired) electrons. The molecule has 2 aromatic carbocycles. The lowest BCUT2D eigenvalue weighted by Gasteiger charge is -2.11. The zero-order valence-electron chi connectivity index (χ0n) is 14.5. The summed E-state index contributed by atoms with van der Waals surface area (Å²) in [7, 11) is 0. The van der Waals surface area contributed by atoms with Crippen molar-refractivity contribution in [2.75, 3.05) is 16.9 Å². The minimum Gasteiger partial charge on any atom is -0.335 e. The summed E-state index contributed by atoms with van der Waals surface area (Å²) >= 11 is 8.08. The number of nitrogens with one attached hydrogen (secondary N) is 1. The summed E-state index contributed by atoms with van der Waals surface area (Å²) in [6, 6.07) is 14.4. The number of nitrogen functional groups attached to an aromatic ring is 1. The Kier molecular flexibility index (Phi) is 6.60. The lowest BCUT2D eigenvalue weighted by atomic mass is 10.3. The third-order valence-electron chi connectivity index (χ3n) is 3.45. The van der Waals surface area contributed by atoms with Crippen molar-refractivity contribution < 1.29 is 18.0 Å². The van der Waals surface area contributed by atoms with E-state index in [1.165, 1.54) is 11.8 Å². The molecule has 0 aliphatic rings. The highest BCUT2D eigenvalue weighted by Gasteiger charge is 2.38. The Balaban J connectivity index is 1.64. The summed E-state index contributed by atoms with van der Waals surface area (Å²) < 4.78 is 38.4. The zero-order valence-corrected chi connectivity index (χ0v) is 16.9. The number of nitrogens with zero attached hydrogens (tertiary/aromatic N) is 3. The molecule has 6 nitrogen and oxygen atoms in total. The summed E-state index contributed by atoms with van der Waals surface area (Å²) in [5, 5.41) is 9.54. The van der Waals surface area contributed by atoms with Crippen molar-refractivity contribution in [2.45, 2.75) is 21.1 Å². The Morgan fingerprint density at radius 1 is 1.14 bits per heavy atom. The van der Waals surface area contributed by atoms with Gasteiger partial charge in [-0.15, -0.1) is 10.2 Å². The second kappa shape index (κ2) is 8.97. The minimum absolute atomic E-state index is 0.187. The molecule has 1 aromatic heterocycles. The van der Waals surface area contributed by atoms with Gasteiger partial charge in [0, 0.05) is 14.8 Å². The van der Waals surface area contributed by atoms with E-state index in [1.54, 1.807) is 24.3 Å². The number of amides is 1. The quantitative estimate of drug-likeness (QED) is 0.415. The number of nitrogens with two attached hydrogens (primary N) is 1. The Bertz CT molecular complexity index is 1010. The Morgan fingerprint density at radius 3 is 2.48 bits per heavy atom. The summed E-state index contributed by atoms with van der Waals surface area (Å²) in [5.74, 6) is 3.42. The maximum atomic E-state index is 12.7. The molecule has 3 N–H and O–H groups in total. The number of thioether (sulfide) groups is 1. The number of anilines is 1. The van der Waals surface area contributed by atoms with Crippen LogP contribution in [0.15, 0.2) is 63.5 Å². The van der Waals surface area contributed by atoms with Crippen LogP contribution < -0.4 is 11.2 Å². The number of alkyl halides is 3. The van der Waals surface area contributed by atoms with Crippen LogP contribution in [0.4, 0.5) is 18.9 Å². The lowest BCUT2D eigenvalue weighted by Crippen LogP contribution is -2.22. The second-order valence-electron chi connectivity index (χ2n) is 5.56. The van der Waals surface area contributed by atoms with Crippen LogP contribution >= 0.6 is 35.1 Å². The maximum absolute atomic E-state index is 12.7. The average molecular weight is 460 g/mol. The van der Waals surface area contributed by atoms with Crippen LogP contribution in [-0.4, -0.2) is 26.5 Å². The molecule has 12 heteroatoms. The number of benzene rings is 2. The Labute approximate surface area is 177 Å². The minimum atomic E-state index is -4.72. The number of carbonyl (C=O) groups is 1. The fraction of sp³-hybridized carbons (Fsp3) is 0.118. The zero-order chi connectivity index (χ0) is 21.0. The van der Waals surface area contributed by atoms with Crippen molar-refractivity contribution in [1.29, 1.82) is 0 Å². The highest BCUT2D eigenvalue weighted by atomic mass is 35.5. The van der Waals surface area contributed by atoms with Crippen molar-refractivity contribution in [1.82, 2.24) is 14.9 Å². The van der Waals surface area contributed by atoms with Crippen LogP contribution in [0.1, 0.15) is 5.82 Å². The SMILES string of the molecule is Nn1c(SCC(=O)Nc2ccccc2Sc2ccc(Cl)cc2)nnc1C(F)(F)F. The monoisotopic (exact) mass is 459 g/mol. The summed E-state index contributed by atoms with van der Waals surface area (Å²) in [6.45, 7) is 0. The molecule has 0 saturated heterocycles. The molecule has 29 heavy (non-hydrogen) atoms. The van der Waals surface area contributed by atoms with Gasteiger partial charge in [0.1, 0.15) is 0 Å². The Morgan fingerprint density at radius 2 is 1.83 bits per heavy atom. The molecular weight excluding hydrogens is 447 g/mol. The predicted molar refractivity (Wildman–Crippen MR) is 107 cm³/mol. The molecule has 1 amide bonds. The summed E-state index contributed by atoms with van der Waals surface area (Å²) in [4.78, 5) is 14.0. The van der Waals surface area contributed by atoms with Gasteiger partial charge in [0.15, 0.2) is 0 Å². The van der Waals surface area contributed by atoms with Crippen LogP contribution in [-0.2, 0) is 11.0 Å². The van der Waals surface area contributed by atoms with Gasteiger partial charge in [-0.1, -0.05) is 47.3 Å². The number of para-hydroxylation sites is 1. The van der Waals surface area contributed by atoms with Crippen molar-refractivity contribution >= 4 is 46.7 Å². The van der Waals surface area contributed by atoms with Gasteiger partial charge in [0.05, 0.1) is 11.4 Å². The smallest absolute Gasteiger partial charge is 0.335 e. The first-order valence-corrected chi connectivity index (χ1v) is 10.1. The first-order chi connectivity index (χ1) is 13.7. The van der Waals surface area contributed by atoms with Gasteiger partial charge in [0.25, 0.3) is 5.82 Å². The van der Waals surface area contributed by atoms with Crippen LogP contribution in [0.25, 0.3) is 0 Å². The Hall–Kier alpha value is -2.37. The molecule has 0 atom stereocenters. The standard InChI is InChI=1S/C17H13ClF3N5OS2/c18-10-5-7-11(8-6-10)29-13-4-2-1-3-12(13)23-14(27)9-28-16-25-24-15(26(16)22)17(19,20)21/h1-8H,9,22H2,(H,23,27). The van der Waals surface area contributed by atoms with Crippen molar-refractivity contribution in [3.63, 3.8) is 0 Å². The first kappa shape index (κ1) is 21.3. The van der Waals surface area contributed by atoms with Crippen LogP contribution in [0.2, 0.25) is 5.02 Å². The largest absolute Gasteiger partial charge is 0.453 e. The van der Waals surface area contributed by atoms with Crippen LogP contribution in [0, 0.1) is 0 Å². The maximum Gasteiger partial charge on any atom is 0.453 e. The highest BCUT2D eigenvalue weighted by molar-refractivity contribution is 8.00. The van der Waals surface area contributed by atoms with Crippen molar-refractivity contribution in [3.05, 3.63) is 59.4 Å². The predicted octanol–water partition coefficient (Wildman–Crippen LogP) is 4.55. The molecule has 0 bridgehead atoms. The number of hydrogen-bond acceptors (Lipinski definition) is 6. The van der Waals surface area contributed by atoms with Gasteiger partial charge in [-0.05, 0) is 36.4 Å². The van der Waals surface area contributed by atoms with Crippen molar-refractivity contribution in [3.8, 4) is 0 Å². The van der Waals surface area contributed by atoms with E-state index >= 15 is 0 Å². The van der Waals surface area contributed by atoms with E-state index in [1.807, 2.05) is 24.3 Å². The number of hydrogen-bond donors (Lipinski definition) is 2. The van der Waals surface area contributed by atoms with E-state index in [9.17, 15) is 18.0 Å². The lowest BCUT2D eigenvalue weighted by molar-refractivity contribution is -0.146. The van der Waals surface area contributed by atoms with Gasteiger partial charge in [-0.25, -0.2) is 4.68 Å². The molecule has 3 rings (SSSR count). The number of halogens is 4. The first-order valence-electron chi connectivity index (χ1n) is 7.97. The molecule has 0 spiro atoms. The van der Waals surface area contributed by atoms with E-state index in [0.717, 1.165) is 21.6 Å². The van der Waals surface area contributed by atoms with E-state index in [0.29, 0.717) is 15.4 Å². The molecule has 1 heterocycles. The number of rotatable bonds is 6. The fourth-order valence-corrected chi connectivity index (χ4v) is 3.86. The summed E-state index contributed by atoms with van der Waals surface area (Å²) in [6.07, 6.45) is -4.72. The molecule has 0 unspecified atom stereocenters. The molecule has 0 aliphatic heterocycles. The van der Waals surface area contributed by atoms with E-state index in [2.05, 4.69) is 15.5 Å². The van der Waals surface area contributed by atoms with Gasteiger partial charge < -0.3 is 11.2 Å². The molecule has 0 aliphatic carbocycles. The summed E-state index contributed by atoms with van der Waals surface area (Å²) in [5.41, 5.74) is 0.572. The average Bonchev–Trinajstić information content (AvgIpc) is 3.04. The van der Waals surface area contributed by atoms with Gasteiger partial charge in [0.2, 0.25) is 11.1 Å². The molecule has 152 valence electrons. The van der Waals surface area contributed by atoms with Gasteiger partial charge in [-0.2, -0.15) is 13.2 Å². The van der Waals surface area contributed by atoms with Crippen LogP contribution in [0.5, 0.6) is 0 Å². The van der Waals surface area contributed by atoms with E-state index in [4.69, 9.17) is 17.4 Å². The topological polar surface area (TPSA) is 85.8 Å². The van der Waals surface area contributed by atoms with Crippen LogP contribution in [0.3, 0.4) is 0 Å². The third-order valence-corrected chi connectivity index (χ3v) is 5.73. The van der Waals surface area contributed by atoms with E-state index in [-0.39, 0.29) is 10.9 Å². The number of carbonyl (C=O) groups excluding carboxylic acids is 1. The molecule has 0 saturated carbocycles. The van der Waals surface area contributed by atoms with E-state index < -0.39 is 17.9 Å². The molecule has 3 aromatic rings. The molecular formula is C17H13ClF3N5OS2. The highest BCUT2D eigenvalue weighted by Crippen LogP contribution is 2.34. The van der Waals surface area contributed by atoms with Gasteiger partial charge >= 0.3 is 6.18 Å².